The molecule has 0 aliphatic rings. The second-order valence-corrected chi connectivity index (χ2v) is 7.66. The molecule has 140 valence electrons. The predicted octanol–water partition coefficient (Wildman–Crippen LogP) is 3.93. The average molecular weight is 379 g/mol. The fourth-order valence-corrected chi connectivity index (χ4v) is 4.40. The van der Waals surface area contributed by atoms with Crippen LogP contribution in [0.3, 0.4) is 0 Å². The van der Waals surface area contributed by atoms with E-state index in [9.17, 15) is 0 Å². The number of nitrogens with one attached hydrogen (secondary N) is 1. The van der Waals surface area contributed by atoms with Gasteiger partial charge in [-0.1, -0.05) is 69.2 Å². The summed E-state index contributed by atoms with van der Waals surface area (Å²) in [4.78, 5) is 0. The van der Waals surface area contributed by atoms with E-state index in [2.05, 4.69) is 48.6 Å². The highest BCUT2D eigenvalue weighted by Gasteiger charge is 2.14. The highest BCUT2D eigenvalue weighted by molar-refractivity contribution is 7.56. The topological polar surface area (TPSA) is 30.5 Å². The number of rotatable bonds is 8. The number of benzene rings is 3. The second kappa shape index (κ2) is 9.55. The molecule has 0 aromatic heterocycles. The molecule has 0 radical (unpaired) electrons. The van der Waals surface area contributed by atoms with Gasteiger partial charge in [0.1, 0.15) is 6.61 Å². The molecule has 0 aliphatic heterocycles. The van der Waals surface area contributed by atoms with Gasteiger partial charge in [-0.25, -0.2) is 0 Å². The van der Waals surface area contributed by atoms with Crippen molar-refractivity contribution < 1.29 is 9.47 Å². The first-order valence-corrected chi connectivity index (χ1v) is 10.1. The molecule has 0 saturated heterocycles. The van der Waals surface area contributed by atoms with Crippen LogP contribution in [0.25, 0.3) is 0 Å². The molecule has 0 fully saturated rings. The van der Waals surface area contributed by atoms with Crippen molar-refractivity contribution in [3.63, 3.8) is 0 Å². The molecular weight excluding hydrogens is 353 g/mol. The van der Waals surface area contributed by atoms with Crippen LogP contribution in [-0.2, 0) is 13.2 Å². The van der Waals surface area contributed by atoms with E-state index < -0.39 is 0 Å². The van der Waals surface area contributed by atoms with E-state index >= 15 is 0 Å². The summed E-state index contributed by atoms with van der Waals surface area (Å²) in [7, 11) is 4.18. The molecule has 1 unspecified atom stereocenters. The summed E-state index contributed by atoms with van der Waals surface area (Å²) in [5, 5.41) is 5.80. The van der Waals surface area contributed by atoms with E-state index in [0.29, 0.717) is 15.2 Å². The van der Waals surface area contributed by atoms with Gasteiger partial charge in [0.15, 0.2) is 11.5 Å². The molecule has 3 rings (SSSR count). The van der Waals surface area contributed by atoms with Gasteiger partial charge in [0.25, 0.3) is 0 Å². The SMILES string of the molecule is CNCc1cccc(C)c1Pc1cccc(OC)c1OCc1ccccc1. The Kier molecular flexibility index (Phi) is 6.86. The molecule has 4 heteroatoms. The number of para-hydroxylation sites is 1. The Morgan fingerprint density at radius 2 is 1.70 bits per heavy atom. The summed E-state index contributed by atoms with van der Waals surface area (Å²) in [6, 6.07) is 22.8. The van der Waals surface area contributed by atoms with Crippen LogP contribution in [0.2, 0.25) is 0 Å². The summed E-state index contributed by atoms with van der Waals surface area (Å²) in [6.45, 7) is 3.55. The second-order valence-electron chi connectivity index (χ2n) is 6.38. The quantitative estimate of drug-likeness (QED) is 0.602. The van der Waals surface area contributed by atoms with Gasteiger partial charge in [-0.15, -0.1) is 0 Å². The van der Waals surface area contributed by atoms with Crippen molar-refractivity contribution in [2.45, 2.75) is 20.1 Å². The molecule has 0 saturated carbocycles. The summed E-state index contributed by atoms with van der Waals surface area (Å²) < 4.78 is 11.8. The Bertz CT molecular complexity index is 881. The Morgan fingerprint density at radius 3 is 2.44 bits per heavy atom. The molecule has 0 bridgehead atoms. The van der Waals surface area contributed by atoms with Crippen molar-refractivity contribution in [1.29, 1.82) is 0 Å². The molecule has 0 spiro atoms. The Balaban J connectivity index is 1.92. The molecular formula is C23H26NO2P. The Hall–Kier alpha value is -2.35. The van der Waals surface area contributed by atoms with Crippen LogP contribution in [0.4, 0.5) is 0 Å². The van der Waals surface area contributed by atoms with Gasteiger partial charge in [0, 0.05) is 11.8 Å². The molecule has 27 heavy (non-hydrogen) atoms. The van der Waals surface area contributed by atoms with Crippen LogP contribution in [0.15, 0.2) is 66.7 Å². The fourth-order valence-electron chi connectivity index (χ4n) is 3.03. The first kappa shape index (κ1) is 19.4. The summed E-state index contributed by atoms with van der Waals surface area (Å²) >= 11 is 0. The lowest BCUT2D eigenvalue weighted by molar-refractivity contribution is 0.287. The van der Waals surface area contributed by atoms with Crippen molar-refractivity contribution >= 4 is 19.2 Å². The zero-order valence-electron chi connectivity index (χ0n) is 16.1. The van der Waals surface area contributed by atoms with Gasteiger partial charge in [-0.3, -0.25) is 0 Å². The number of aryl methyl sites for hydroxylation is 1. The number of ether oxygens (including phenoxy) is 2. The zero-order valence-corrected chi connectivity index (χ0v) is 17.1. The Labute approximate surface area is 163 Å². The summed E-state index contributed by atoms with van der Waals surface area (Å²) in [6.07, 6.45) is 0. The zero-order chi connectivity index (χ0) is 19.1. The van der Waals surface area contributed by atoms with E-state index in [1.165, 1.54) is 16.4 Å². The van der Waals surface area contributed by atoms with Gasteiger partial charge in [-0.2, -0.15) is 0 Å². The highest BCUT2D eigenvalue weighted by Crippen LogP contribution is 2.31. The van der Waals surface area contributed by atoms with E-state index in [1.807, 2.05) is 37.4 Å². The van der Waals surface area contributed by atoms with Gasteiger partial charge < -0.3 is 14.8 Å². The van der Waals surface area contributed by atoms with E-state index in [1.54, 1.807) is 7.11 Å². The minimum atomic E-state index is 0.505. The molecule has 3 aromatic rings. The van der Waals surface area contributed by atoms with Crippen molar-refractivity contribution in [3.05, 3.63) is 83.4 Å². The molecule has 1 atom stereocenters. The molecule has 3 nitrogen and oxygen atoms in total. The van der Waals surface area contributed by atoms with Gasteiger partial charge in [0.2, 0.25) is 0 Å². The van der Waals surface area contributed by atoms with Crippen molar-refractivity contribution in [2.75, 3.05) is 14.2 Å². The van der Waals surface area contributed by atoms with Gasteiger partial charge in [-0.05, 0) is 42.0 Å². The van der Waals surface area contributed by atoms with Crippen LogP contribution in [0, 0.1) is 6.92 Å². The van der Waals surface area contributed by atoms with E-state index in [0.717, 1.165) is 28.9 Å². The van der Waals surface area contributed by atoms with Crippen LogP contribution < -0.4 is 25.4 Å². The molecule has 0 amide bonds. The van der Waals surface area contributed by atoms with E-state index in [-0.39, 0.29) is 0 Å². The lowest BCUT2D eigenvalue weighted by atomic mass is 10.1. The number of methoxy groups -OCH3 is 1. The van der Waals surface area contributed by atoms with Crippen molar-refractivity contribution in [3.8, 4) is 11.5 Å². The third-order valence-corrected chi connectivity index (χ3v) is 6.04. The van der Waals surface area contributed by atoms with Gasteiger partial charge >= 0.3 is 0 Å². The first-order chi connectivity index (χ1) is 13.2. The number of hydrogen-bond acceptors (Lipinski definition) is 3. The van der Waals surface area contributed by atoms with Gasteiger partial charge in [0.05, 0.1) is 7.11 Å². The molecule has 0 heterocycles. The predicted molar refractivity (Wildman–Crippen MR) is 115 cm³/mol. The fraction of sp³-hybridized carbons (Fsp3) is 0.217. The van der Waals surface area contributed by atoms with Crippen LogP contribution in [0.5, 0.6) is 11.5 Å². The van der Waals surface area contributed by atoms with E-state index in [4.69, 9.17) is 9.47 Å². The lowest BCUT2D eigenvalue weighted by Gasteiger charge is -2.18. The largest absolute Gasteiger partial charge is 0.493 e. The lowest BCUT2D eigenvalue weighted by Crippen LogP contribution is -2.18. The van der Waals surface area contributed by atoms with Crippen molar-refractivity contribution in [1.82, 2.24) is 5.32 Å². The maximum Gasteiger partial charge on any atom is 0.169 e. The Morgan fingerprint density at radius 1 is 0.926 bits per heavy atom. The smallest absolute Gasteiger partial charge is 0.169 e. The monoisotopic (exact) mass is 379 g/mol. The van der Waals surface area contributed by atoms with Crippen molar-refractivity contribution in [2.24, 2.45) is 0 Å². The third-order valence-electron chi connectivity index (χ3n) is 4.41. The third kappa shape index (κ3) is 4.88. The summed E-state index contributed by atoms with van der Waals surface area (Å²) in [5.41, 5.74) is 3.77. The maximum atomic E-state index is 6.22. The average Bonchev–Trinajstić information content (AvgIpc) is 2.70. The van der Waals surface area contributed by atoms with Crippen LogP contribution in [0.1, 0.15) is 16.7 Å². The minimum absolute atomic E-state index is 0.505. The van der Waals surface area contributed by atoms with Crippen LogP contribution in [-0.4, -0.2) is 14.2 Å². The summed E-state index contributed by atoms with van der Waals surface area (Å²) in [5.74, 6) is 1.61. The minimum Gasteiger partial charge on any atom is -0.493 e. The number of hydrogen-bond donors (Lipinski definition) is 1. The van der Waals surface area contributed by atoms with Crippen LogP contribution >= 0.6 is 8.58 Å². The molecule has 3 aromatic carbocycles. The molecule has 1 N–H and O–H groups in total. The maximum absolute atomic E-state index is 6.22. The molecule has 0 aliphatic carbocycles. The first-order valence-electron chi connectivity index (χ1n) is 9.06. The normalized spacial score (nSPS) is 11.1. The highest BCUT2D eigenvalue weighted by atomic mass is 31.1. The standard InChI is InChI=1S/C23H26NO2P/c1-17-9-7-12-19(15-24-2)23(17)27-21-14-8-13-20(25-3)22(21)26-16-18-10-5-4-6-11-18/h4-14,24,27H,15-16H2,1-3H3.